The number of rotatable bonds is 5. The van der Waals surface area contributed by atoms with Crippen molar-refractivity contribution in [1.29, 1.82) is 0 Å². The fourth-order valence-electron chi connectivity index (χ4n) is 1.69. The Balaban J connectivity index is 2.21. The van der Waals surface area contributed by atoms with Crippen LogP contribution in [0.3, 0.4) is 0 Å². The summed E-state index contributed by atoms with van der Waals surface area (Å²) < 4.78 is 11.7. The average Bonchev–Trinajstić information content (AvgIpc) is 2.45. The standard InChI is InChI=1S/C14H12BrNO4/c1-19-12-3-2-10(15)6-9(12)8-20-13-7-16-5-4-11(13)14(17)18/h2-7H,8H2,1H3,(H,17,18). The van der Waals surface area contributed by atoms with Crippen LogP contribution in [0.25, 0.3) is 0 Å². The summed E-state index contributed by atoms with van der Waals surface area (Å²) in [6, 6.07) is 6.92. The minimum Gasteiger partial charge on any atom is -0.496 e. The lowest BCUT2D eigenvalue weighted by Crippen LogP contribution is -2.04. The monoisotopic (exact) mass is 337 g/mol. The summed E-state index contributed by atoms with van der Waals surface area (Å²) in [5.74, 6) is -0.153. The van der Waals surface area contributed by atoms with E-state index in [9.17, 15) is 4.79 Å². The van der Waals surface area contributed by atoms with Crippen molar-refractivity contribution in [3.63, 3.8) is 0 Å². The number of pyridine rings is 1. The molecule has 1 aromatic heterocycles. The first-order valence-electron chi connectivity index (χ1n) is 5.74. The molecular weight excluding hydrogens is 326 g/mol. The van der Waals surface area contributed by atoms with Crippen molar-refractivity contribution < 1.29 is 19.4 Å². The number of nitrogens with zero attached hydrogens (tertiary/aromatic N) is 1. The highest BCUT2D eigenvalue weighted by Crippen LogP contribution is 2.25. The van der Waals surface area contributed by atoms with Gasteiger partial charge in [-0.2, -0.15) is 0 Å². The minimum atomic E-state index is -1.05. The van der Waals surface area contributed by atoms with Crippen LogP contribution in [-0.4, -0.2) is 23.2 Å². The van der Waals surface area contributed by atoms with E-state index in [0.29, 0.717) is 5.75 Å². The molecule has 5 nitrogen and oxygen atoms in total. The van der Waals surface area contributed by atoms with Crippen LogP contribution in [0, 0.1) is 0 Å². The van der Waals surface area contributed by atoms with Gasteiger partial charge in [-0.1, -0.05) is 15.9 Å². The Kier molecular flexibility index (Phi) is 4.57. The molecule has 2 rings (SSSR count). The van der Waals surface area contributed by atoms with Crippen LogP contribution in [0.1, 0.15) is 15.9 Å². The molecule has 1 aromatic carbocycles. The van der Waals surface area contributed by atoms with Crippen LogP contribution in [0.5, 0.6) is 11.5 Å². The summed E-state index contributed by atoms with van der Waals surface area (Å²) in [6.07, 6.45) is 2.80. The first-order chi connectivity index (χ1) is 9.61. The van der Waals surface area contributed by atoms with Gasteiger partial charge >= 0.3 is 5.97 Å². The lowest BCUT2D eigenvalue weighted by Gasteiger charge is -2.11. The van der Waals surface area contributed by atoms with Gasteiger partial charge in [0.1, 0.15) is 17.9 Å². The fraction of sp³-hybridized carbons (Fsp3) is 0.143. The molecule has 0 saturated carbocycles. The molecule has 0 radical (unpaired) electrons. The number of halogens is 1. The second-order valence-electron chi connectivity index (χ2n) is 3.92. The number of aromatic nitrogens is 1. The van der Waals surface area contributed by atoms with Crippen molar-refractivity contribution >= 4 is 21.9 Å². The number of methoxy groups -OCH3 is 1. The van der Waals surface area contributed by atoms with E-state index in [1.807, 2.05) is 18.2 Å². The second kappa shape index (κ2) is 6.38. The van der Waals surface area contributed by atoms with Crippen LogP contribution < -0.4 is 9.47 Å². The minimum absolute atomic E-state index is 0.0777. The predicted octanol–water partition coefficient (Wildman–Crippen LogP) is 3.13. The van der Waals surface area contributed by atoms with Crippen LogP contribution in [0.4, 0.5) is 0 Å². The van der Waals surface area contributed by atoms with Crippen LogP contribution in [0.2, 0.25) is 0 Å². The molecule has 104 valence electrons. The maximum atomic E-state index is 11.1. The summed E-state index contributed by atoms with van der Waals surface area (Å²) in [5.41, 5.74) is 0.885. The van der Waals surface area contributed by atoms with Crippen LogP contribution >= 0.6 is 15.9 Å². The maximum absolute atomic E-state index is 11.1. The quantitative estimate of drug-likeness (QED) is 0.907. The third-order valence-electron chi connectivity index (χ3n) is 2.64. The lowest BCUT2D eigenvalue weighted by atomic mass is 10.2. The van der Waals surface area contributed by atoms with E-state index in [4.69, 9.17) is 14.6 Å². The molecule has 0 saturated heterocycles. The van der Waals surface area contributed by atoms with E-state index in [0.717, 1.165) is 10.0 Å². The highest BCUT2D eigenvalue weighted by atomic mass is 79.9. The average molecular weight is 338 g/mol. The molecule has 0 spiro atoms. The largest absolute Gasteiger partial charge is 0.496 e. The van der Waals surface area contributed by atoms with Gasteiger partial charge in [-0.25, -0.2) is 4.79 Å². The van der Waals surface area contributed by atoms with Crippen LogP contribution in [-0.2, 0) is 6.61 Å². The third-order valence-corrected chi connectivity index (χ3v) is 3.13. The highest BCUT2D eigenvalue weighted by Gasteiger charge is 2.12. The van der Waals surface area contributed by atoms with E-state index in [2.05, 4.69) is 20.9 Å². The molecule has 2 aromatic rings. The fourth-order valence-corrected chi connectivity index (χ4v) is 2.10. The lowest BCUT2D eigenvalue weighted by molar-refractivity contribution is 0.0691. The smallest absolute Gasteiger partial charge is 0.339 e. The number of ether oxygens (including phenoxy) is 2. The topological polar surface area (TPSA) is 68.7 Å². The van der Waals surface area contributed by atoms with E-state index < -0.39 is 5.97 Å². The van der Waals surface area contributed by atoms with E-state index in [-0.39, 0.29) is 17.9 Å². The van der Waals surface area contributed by atoms with Crippen molar-refractivity contribution in [2.24, 2.45) is 0 Å². The molecule has 0 unspecified atom stereocenters. The number of carboxylic acid groups (broad SMARTS) is 1. The zero-order chi connectivity index (χ0) is 14.5. The second-order valence-corrected chi connectivity index (χ2v) is 4.84. The van der Waals surface area contributed by atoms with Crippen molar-refractivity contribution in [3.05, 3.63) is 52.3 Å². The van der Waals surface area contributed by atoms with Gasteiger partial charge < -0.3 is 14.6 Å². The van der Waals surface area contributed by atoms with Gasteiger partial charge in [0.15, 0.2) is 5.75 Å². The number of benzene rings is 1. The molecule has 0 aliphatic rings. The molecule has 0 atom stereocenters. The molecule has 0 fully saturated rings. The van der Waals surface area contributed by atoms with Gasteiger partial charge in [-0.3, -0.25) is 4.98 Å². The van der Waals surface area contributed by atoms with E-state index in [1.165, 1.54) is 18.5 Å². The summed E-state index contributed by atoms with van der Waals surface area (Å²) >= 11 is 3.37. The number of carbonyl (C=O) groups is 1. The molecule has 0 amide bonds. The maximum Gasteiger partial charge on any atom is 0.339 e. The van der Waals surface area contributed by atoms with Crippen molar-refractivity contribution in [1.82, 2.24) is 4.98 Å². The molecule has 0 aliphatic heterocycles. The van der Waals surface area contributed by atoms with Gasteiger partial charge in [0.25, 0.3) is 0 Å². The molecule has 1 N–H and O–H groups in total. The van der Waals surface area contributed by atoms with Gasteiger partial charge in [0.05, 0.1) is 13.3 Å². The predicted molar refractivity (Wildman–Crippen MR) is 76.2 cm³/mol. The number of hydrogen-bond acceptors (Lipinski definition) is 4. The molecule has 20 heavy (non-hydrogen) atoms. The Bertz CT molecular complexity index is 630. The van der Waals surface area contributed by atoms with Gasteiger partial charge in [0, 0.05) is 16.2 Å². The van der Waals surface area contributed by atoms with E-state index in [1.54, 1.807) is 7.11 Å². The first kappa shape index (κ1) is 14.3. The molecule has 6 heteroatoms. The van der Waals surface area contributed by atoms with Crippen LogP contribution in [0.15, 0.2) is 41.1 Å². The van der Waals surface area contributed by atoms with Crippen molar-refractivity contribution in [2.45, 2.75) is 6.61 Å². The Morgan fingerprint density at radius 2 is 2.15 bits per heavy atom. The number of carboxylic acids is 1. The zero-order valence-electron chi connectivity index (χ0n) is 10.7. The zero-order valence-corrected chi connectivity index (χ0v) is 12.3. The van der Waals surface area contributed by atoms with E-state index >= 15 is 0 Å². The van der Waals surface area contributed by atoms with Crippen molar-refractivity contribution in [2.75, 3.05) is 7.11 Å². The molecule has 0 aliphatic carbocycles. The Labute approximate surface area is 124 Å². The molecule has 1 heterocycles. The summed E-state index contributed by atoms with van der Waals surface area (Å²) in [5, 5.41) is 9.07. The Morgan fingerprint density at radius 3 is 2.85 bits per heavy atom. The van der Waals surface area contributed by atoms with Crippen molar-refractivity contribution in [3.8, 4) is 11.5 Å². The summed E-state index contributed by atoms with van der Waals surface area (Å²) in [4.78, 5) is 14.9. The highest BCUT2D eigenvalue weighted by molar-refractivity contribution is 9.10. The van der Waals surface area contributed by atoms with Gasteiger partial charge in [-0.15, -0.1) is 0 Å². The molecular formula is C14H12BrNO4. The first-order valence-corrected chi connectivity index (χ1v) is 6.53. The third kappa shape index (κ3) is 3.27. The van der Waals surface area contributed by atoms with Gasteiger partial charge in [0.2, 0.25) is 0 Å². The van der Waals surface area contributed by atoms with Gasteiger partial charge in [-0.05, 0) is 24.3 Å². The summed E-state index contributed by atoms with van der Waals surface area (Å²) in [7, 11) is 1.57. The summed E-state index contributed by atoms with van der Waals surface area (Å²) in [6.45, 7) is 0.189. The molecule has 0 bridgehead atoms. The number of aromatic carboxylic acids is 1. The Hall–Kier alpha value is -2.08. The SMILES string of the molecule is COc1ccc(Br)cc1COc1cnccc1C(=O)O. The Morgan fingerprint density at radius 1 is 1.35 bits per heavy atom. The normalized spacial score (nSPS) is 10.1. The number of hydrogen-bond donors (Lipinski definition) is 1.